The maximum absolute atomic E-state index is 10.6. The monoisotopic (exact) mass is 464 g/mol. The number of nitrogens with one attached hydrogen (secondary N) is 1. The van der Waals surface area contributed by atoms with E-state index in [2.05, 4.69) is 25.8 Å². The highest BCUT2D eigenvalue weighted by Gasteiger charge is 2.21. The van der Waals surface area contributed by atoms with Crippen LogP contribution in [0, 0.1) is 0 Å². The van der Waals surface area contributed by atoms with E-state index in [1.807, 2.05) is 48.5 Å². The molecule has 1 heterocycles. The Kier molecular flexibility index (Phi) is 5.51. The second-order valence-electron chi connectivity index (χ2n) is 6.77. The number of aromatic nitrogens is 1. The number of rotatable bonds is 5. The molecule has 0 saturated carbocycles. The van der Waals surface area contributed by atoms with Crippen molar-refractivity contribution in [3.05, 3.63) is 68.2 Å². The third-order valence-electron chi connectivity index (χ3n) is 4.86. The molecule has 2 N–H and O–H groups in total. The fourth-order valence-electron chi connectivity index (χ4n) is 3.59. The molecule has 1 atom stereocenters. The first-order valence-electron chi connectivity index (χ1n) is 8.85. The molecular formula is C21H19BrCl2N2O. The molecule has 1 aromatic heterocycles. The SMILES string of the molecule is OC(CNc1ccc(Br)cc1)Cn1c2c(c3cc(Cl)ccc31)C=C(Cl)CC2. The lowest BCUT2D eigenvalue weighted by atomic mass is 10.0. The number of hydrogen-bond donors (Lipinski definition) is 2. The molecule has 0 bridgehead atoms. The van der Waals surface area contributed by atoms with Gasteiger partial charge in [0.25, 0.3) is 0 Å². The molecule has 0 fully saturated rings. The van der Waals surface area contributed by atoms with Crippen molar-refractivity contribution in [3.63, 3.8) is 0 Å². The van der Waals surface area contributed by atoms with Crippen LogP contribution < -0.4 is 5.32 Å². The highest BCUT2D eigenvalue weighted by atomic mass is 79.9. The van der Waals surface area contributed by atoms with Gasteiger partial charge < -0.3 is 15.0 Å². The summed E-state index contributed by atoms with van der Waals surface area (Å²) in [7, 11) is 0. The smallest absolute Gasteiger partial charge is 0.0891 e. The average molecular weight is 466 g/mol. The number of aliphatic hydroxyl groups is 1. The first kappa shape index (κ1) is 18.9. The summed E-state index contributed by atoms with van der Waals surface area (Å²) in [6.45, 7) is 0.989. The van der Waals surface area contributed by atoms with Crippen LogP contribution in [0.15, 0.2) is 52.0 Å². The van der Waals surface area contributed by atoms with Gasteiger partial charge >= 0.3 is 0 Å². The Morgan fingerprint density at radius 2 is 1.89 bits per heavy atom. The van der Waals surface area contributed by atoms with Crippen LogP contribution in [0.5, 0.6) is 0 Å². The predicted molar refractivity (Wildman–Crippen MR) is 118 cm³/mol. The topological polar surface area (TPSA) is 37.2 Å². The third-order valence-corrected chi connectivity index (χ3v) is 5.92. The molecule has 1 aliphatic rings. The molecular weight excluding hydrogens is 447 g/mol. The van der Waals surface area contributed by atoms with Gasteiger partial charge in [0.05, 0.1) is 12.6 Å². The maximum Gasteiger partial charge on any atom is 0.0891 e. The van der Waals surface area contributed by atoms with E-state index in [9.17, 15) is 5.11 Å². The average Bonchev–Trinajstić information content (AvgIpc) is 2.94. The summed E-state index contributed by atoms with van der Waals surface area (Å²) in [6.07, 6.45) is 3.20. The van der Waals surface area contributed by atoms with Gasteiger partial charge in [0.1, 0.15) is 0 Å². The zero-order valence-electron chi connectivity index (χ0n) is 14.6. The van der Waals surface area contributed by atoms with Gasteiger partial charge in [-0.15, -0.1) is 0 Å². The van der Waals surface area contributed by atoms with Crippen molar-refractivity contribution in [1.82, 2.24) is 4.57 Å². The van der Waals surface area contributed by atoms with Crippen LogP contribution in [-0.2, 0) is 13.0 Å². The first-order valence-corrected chi connectivity index (χ1v) is 10.4. The number of benzene rings is 2. The standard InChI is InChI=1S/C21H19BrCl2N2O/c22-13-1-5-16(6-2-13)25-11-17(27)12-26-20-7-3-14(23)9-18(20)19-10-15(24)4-8-21(19)26/h1-3,5-7,9-10,17,25,27H,4,8,11-12H2. The van der Waals surface area contributed by atoms with Crippen LogP contribution in [-0.4, -0.2) is 22.3 Å². The number of aliphatic hydroxyl groups excluding tert-OH is 1. The van der Waals surface area contributed by atoms with E-state index in [0.717, 1.165) is 44.5 Å². The van der Waals surface area contributed by atoms with Crippen molar-refractivity contribution in [2.24, 2.45) is 0 Å². The van der Waals surface area contributed by atoms with E-state index in [1.165, 1.54) is 5.69 Å². The number of halogens is 3. The fraction of sp³-hybridized carbons (Fsp3) is 0.238. The van der Waals surface area contributed by atoms with Crippen LogP contribution in [0.2, 0.25) is 5.02 Å². The molecule has 0 spiro atoms. The Bertz CT molecular complexity index is 1010. The molecule has 0 amide bonds. The Morgan fingerprint density at radius 3 is 2.67 bits per heavy atom. The minimum absolute atomic E-state index is 0.472. The lowest BCUT2D eigenvalue weighted by Crippen LogP contribution is -2.26. The molecule has 2 aromatic carbocycles. The van der Waals surface area contributed by atoms with E-state index < -0.39 is 6.10 Å². The first-order chi connectivity index (χ1) is 13.0. The van der Waals surface area contributed by atoms with Gasteiger partial charge in [-0.2, -0.15) is 0 Å². The second-order valence-corrected chi connectivity index (χ2v) is 8.60. The Balaban J connectivity index is 1.59. The zero-order chi connectivity index (χ0) is 19.0. The van der Waals surface area contributed by atoms with E-state index >= 15 is 0 Å². The summed E-state index contributed by atoms with van der Waals surface area (Å²) in [5.74, 6) is 0. The Morgan fingerprint density at radius 1 is 1.11 bits per heavy atom. The molecule has 6 heteroatoms. The van der Waals surface area contributed by atoms with Crippen LogP contribution in [0.1, 0.15) is 17.7 Å². The third kappa shape index (κ3) is 4.04. The fourth-order valence-corrected chi connectivity index (χ4v) is 4.23. The predicted octanol–water partition coefficient (Wildman–Crippen LogP) is 6.06. The van der Waals surface area contributed by atoms with E-state index in [4.69, 9.17) is 23.2 Å². The van der Waals surface area contributed by atoms with Crippen molar-refractivity contribution in [2.45, 2.75) is 25.5 Å². The second kappa shape index (κ2) is 7.88. The summed E-state index contributed by atoms with van der Waals surface area (Å²) < 4.78 is 3.23. The normalized spacial score (nSPS) is 14.7. The quantitative estimate of drug-likeness (QED) is 0.480. The van der Waals surface area contributed by atoms with Gasteiger partial charge in [0.15, 0.2) is 0 Å². The maximum atomic E-state index is 10.6. The molecule has 0 radical (unpaired) electrons. The van der Waals surface area contributed by atoms with Gasteiger partial charge in [-0.25, -0.2) is 0 Å². The minimum Gasteiger partial charge on any atom is -0.389 e. The number of allylic oxidation sites excluding steroid dienone is 1. The van der Waals surface area contributed by atoms with Crippen molar-refractivity contribution in [3.8, 4) is 0 Å². The van der Waals surface area contributed by atoms with Crippen molar-refractivity contribution >= 4 is 61.8 Å². The van der Waals surface area contributed by atoms with Crippen LogP contribution in [0.4, 0.5) is 5.69 Å². The number of fused-ring (bicyclic) bond motifs is 3. The zero-order valence-corrected chi connectivity index (χ0v) is 17.7. The van der Waals surface area contributed by atoms with Crippen molar-refractivity contribution in [2.75, 3.05) is 11.9 Å². The van der Waals surface area contributed by atoms with Gasteiger partial charge in [-0.3, -0.25) is 0 Å². The van der Waals surface area contributed by atoms with Gasteiger partial charge in [-0.1, -0.05) is 39.1 Å². The summed E-state index contributed by atoms with van der Waals surface area (Å²) in [5, 5.41) is 16.6. The number of hydrogen-bond acceptors (Lipinski definition) is 2. The Hall–Kier alpha value is -1.46. The summed E-state index contributed by atoms with van der Waals surface area (Å²) in [6, 6.07) is 13.8. The van der Waals surface area contributed by atoms with Crippen molar-refractivity contribution in [1.29, 1.82) is 0 Å². The lowest BCUT2D eigenvalue weighted by molar-refractivity contribution is 0.167. The Labute approximate surface area is 176 Å². The summed E-state index contributed by atoms with van der Waals surface area (Å²) in [4.78, 5) is 0. The molecule has 4 rings (SSSR count). The molecule has 0 saturated heterocycles. The highest BCUT2D eigenvalue weighted by Crippen LogP contribution is 2.36. The minimum atomic E-state index is -0.523. The van der Waals surface area contributed by atoms with E-state index in [0.29, 0.717) is 18.1 Å². The van der Waals surface area contributed by atoms with Gasteiger partial charge in [0, 0.05) is 48.9 Å². The lowest BCUT2D eigenvalue weighted by Gasteiger charge is -2.18. The molecule has 140 valence electrons. The molecule has 1 unspecified atom stereocenters. The molecule has 3 nitrogen and oxygen atoms in total. The van der Waals surface area contributed by atoms with E-state index in [1.54, 1.807) is 0 Å². The summed E-state index contributed by atoms with van der Waals surface area (Å²) >= 11 is 15.9. The van der Waals surface area contributed by atoms with Crippen LogP contribution >= 0.6 is 39.1 Å². The van der Waals surface area contributed by atoms with Crippen LogP contribution in [0.3, 0.4) is 0 Å². The van der Waals surface area contributed by atoms with Crippen molar-refractivity contribution < 1.29 is 5.11 Å². The van der Waals surface area contributed by atoms with E-state index in [-0.39, 0.29) is 0 Å². The number of nitrogens with zero attached hydrogens (tertiary/aromatic N) is 1. The molecule has 1 aliphatic carbocycles. The molecule has 27 heavy (non-hydrogen) atoms. The van der Waals surface area contributed by atoms with Crippen LogP contribution in [0.25, 0.3) is 17.0 Å². The molecule has 0 aliphatic heterocycles. The highest BCUT2D eigenvalue weighted by molar-refractivity contribution is 9.10. The number of anilines is 1. The largest absolute Gasteiger partial charge is 0.389 e. The van der Waals surface area contributed by atoms with Gasteiger partial charge in [0.2, 0.25) is 0 Å². The molecule has 3 aromatic rings. The van der Waals surface area contributed by atoms with Gasteiger partial charge in [-0.05, 0) is 61.4 Å². The summed E-state index contributed by atoms with van der Waals surface area (Å²) in [5.41, 5.74) is 4.39.